The van der Waals surface area contributed by atoms with Crippen LogP contribution in [-0.2, 0) is 22.4 Å². The molecule has 5 heteroatoms. The Morgan fingerprint density at radius 1 is 1.00 bits per heavy atom. The van der Waals surface area contributed by atoms with Crippen molar-refractivity contribution in [2.45, 2.75) is 46.5 Å². The van der Waals surface area contributed by atoms with E-state index in [-0.39, 0.29) is 29.6 Å². The molecule has 1 aliphatic heterocycles. The highest BCUT2D eigenvalue weighted by atomic mass is 16.2. The summed E-state index contributed by atoms with van der Waals surface area (Å²) in [4.78, 5) is 40.3. The number of benzene rings is 2. The van der Waals surface area contributed by atoms with Gasteiger partial charge in [0.2, 0.25) is 11.8 Å². The van der Waals surface area contributed by atoms with E-state index in [1.54, 1.807) is 24.3 Å². The lowest BCUT2D eigenvalue weighted by Crippen LogP contribution is -2.31. The fraction of sp³-hybridized carbons (Fsp3) is 0.346. The van der Waals surface area contributed by atoms with Crippen LogP contribution in [0.2, 0.25) is 0 Å². The third kappa shape index (κ3) is 3.80. The average molecular weight is 417 g/mol. The second-order valence-electron chi connectivity index (χ2n) is 8.38. The summed E-state index contributed by atoms with van der Waals surface area (Å²) in [6.45, 7) is 6.12. The summed E-state index contributed by atoms with van der Waals surface area (Å²) in [5.74, 6) is -1.16. The SMILES string of the molecule is CCc1cccc(CC)c1NC(=O)c1cccc(N2C(=O)[C@@H]3CC=C(C)C[C@H]3C2=O)c1. The first-order chi connectivity index (χ1) is 14.9. The van der Waals surface area contributed by atoms with E-state index in [1.165, 1.54) is 4.90 Å². The highest BCUT2D eigenvalue weighted by Gasteiger charge is 2.48. The number of imide groups is 1. The summed E-state index contributed by atoms with van der Waals surface area (Å²) >= 11 is 0. The molecule has 2 aromatic carbocycles. The molecule has 2 aliphatic rings. The lowest BCUT2D eigenvalue weighted by Gasteiger charge is -2.18. The van der Waals surface area contributed by atoms with Gasteiger partial charge in [-0.15, -0.1) is 0 Å². The molecule has 2 aromatic rings. The predicted molar refractivity (Wildman–Crippen MR) is 122 cm³/mol. The van der Waals surface area contributed by atoms with Gasteiger partial charge in [-0.25, -0.2) is 0 Å². The highest BCUT2D eigenvalue weighted by molar-refractivity contribution is 6.22. The molecule has 4 rings (SSSR count). The molecule has 1 heterocycles. The number of carbonyl (C=O) groups excluding carboxylic acids is 3. The van der Waals surface area contributed by atoms with Crippen LogP contribution in [0.25, 0.3) is 0 Å². The smallest absolute Gasteiger partial charge is 0.255 e. The number of amides is 3. The van der Waals surface area contributed by atoms with Gasteiger partial charge >= 0.3 is 0 Å². The minimum atomic E-state index is -0.294. The third-order valence-corrected chi connectivity index (χ3v) is 6.43. The van der Waals surface area contributed by atoms with Crippen LogP contribution >= 0.6 is 0 Å². The van der Waals surface area contributed by atoms with E-state index in [0.717, 1.165) is 35.2 Å². The van der Waals surface area contributed by atoms with Crippen LogP contribution in [-0.4, -0.2) is 17.7 Å². The van der Waals surface area contributed by atoms with E-state index in [0.29, 0.717) is 24.1 Å². The number of hydrogen-bond acceptors (Lipinski definition) is 3. The van der Waals surface area contributed by atoms with Gasteiger partial charge in [-0.05, 0) is 61.9 Å². The highest BCUT2D eigenvalue weighted by Crippen LogP contribution is 2.39. The summed E-state index contributed by atoms with van der Waals surface area (Å²) in [7, 11) is 0. The summed E-state index contributed by atoms with van der Waals surface area (Å²) < 4.78 is 0. The summed E-state index contributed by atoms with van der Waals surface area (Å²) in [5, 5.41) is 3.06. The molecule has 5 nitrogen and oxygen atoms in total. The number of nitrogens with zero attached hydrogens (tertiary/aromatic N) is 1. The van der Waals surface area contributed by atoms with Crippen LogP contribution in [0.1, 0.15) is 55.1 Å². The maximum atomic E-state index is 13.1. The molecule has 160 valence electrons. The minimum Gasteiger partial charge on any atom is -0.321 e. The number of hydrogen-bond donors (Lipinski definition) is 1. The van der Waals surface area contributed by atoms with Crippen molar-refractivity contribution < 1.29 is 14.4 Å². The summed E-state index contributed by atoms with van der Waals surface area (Å²) in [6.07, 6.45) is 4.91. The number of anilines is 2. The van der Waals surface area contributed by atoms with Crippen LogP contribution in [0.3, 0.4) is 0 Å². The maximum absolute atomic E-state index is 13.1. The van der Waals surface area contributed by atoms with Crippen molar-refractivity contribution in [2.75, 3.05) is 10.2 Å². The maximum Gasteiger partial charge on any atom is 0.255 e. The van der Waals surface area contributed by atoms with Gasteiger partial charge in [0.15, 0.2) is 0 Å². The van der Waals surface area contributed by atoms with Crippen LogP contribution < -0.4 is 10.2 Å². The van der Waals surface area contributed by atoms with E-state index >= 15 is 0 Å². The normalized spacial score (nSPS) is 20.5. The fourth-order valence-corrected chi connectivity index (χ4v) is 4.67. The van der Waals surface area contributed by atoms with Gasteiger partial charge in [0, 0.05) is 11.3 Å². The lowest BCUT2D eigenvalue weighted by molar-refractivity contribution is -0.122. The second kappa shape index (κ2) is 8.50. The Hall–Kier alpha value is -3.21. The molecule has 1 fully saturated rings. The zero-order chi connectivity index (χ0) is 22.1. The molecular formula is C26H28N2O3. The Balaban J connectivity index is 1.61. The van der Waals surface area contributed by atoms with E-state index < -0.39 is 0 Å². The number of carbonyl (C=O) groups is 3. The largest absolute Gasteiger partial charge is 0.321 e. The molecule has 1 N–H and O–H groups in total. The van der Waals surface area contributed by atoms with Crippen molar-refractivity contribution in [1.29, 1.82) is 0 Å². The molecule has 31 heavy (non-hydrogen) atoms. The Morgan fingerprint density at radius 2 is 1.65 bits per heavy atom. The summed E-state index contributed by atoms with van der Waals surface area (Å²) in [6, 6.07) is 12.8. The van der Waals surface area contributed by atoms with Gasteiger partial charge in [0.1, 0.15) is 0 Å². The van der Waals surface area contributed by atoms with Crippen LogP contribution in [0.5, 0.6) is 0 Å². The van der Waals surface area contributed by atoms with Gasteiger partial charge in [-0.3, -0.25) is 19.3 Å². The van der Waals surface area contributed by atoms with Gasteiger partial charge in [-0.2, -0.15) is 0 Å². The van der Waals surface area contributed by atoms with Gasteiger partial charge < -0.3 is 5.32 Å². The van der Waals surface area contributed by atoms with Gasteiger partial charge in [0.25, 0.3) is 5.91 Å². The monoisotopic (exact) mass is 416 g/mol. The first-order valence-electron chi connectivity index (χ1n) is 11.0. The Kier molecular flexibility index (Phi) is 5.77. The molecule has 0 bridgehead atoms. The Bertz CT molecular complexity index is 1060. The predicted octanol–water partition coefficient (Wildman–Crippen LogP) is 4.91. The van der Waals surface area contributed by atoms with Gasteiger partial charge in [0.05, 0.1) is 17.5 Å². The molecule has 1 saturated heterocycles. The van der Waals surface area contributed by atoms with Crippen molar-refractivity contribution >= 4 is 29.1 Å². The topological polar surface area (TPSA) is 66.5 Å². The third-order valence-electron chi connectivity index (χ3n) is 6.43. The molecule has 1 aliphatic carbocycles. The number of aryl methyl sites for hydroxylation is 2. The van der Waals surface area contributed by atoms with Gasteiger partial charge in [-0.1, -0.05) is 49.8 Å². The Labute approximate surface area is 183 Å². The van der Waals surface area contributed by atoms with Crippen LogP contribution in [0.15, 0.2) is 54.1 Å². The quantitative estimate of drug-likeness (QED) is 0.556. The number of nitrogens with one attached hydrogen (secondary N) is 1. The molecule has 0 aromatic heterocycles. The zero-order valence-corrected chi connectivity index (χ0v) is 18.3. The number of para-hydroxylation sites is 1. The second-order valence-corrected chi connectivity index (χ2v) is 8.38. The van der Waals surface area contributed by atoms with Crippen molar-refractivity contribution in [1.82, 2.24) is 0 Å². The molecular weight excluding hydrogens is 388 g/mol. The van der Waals surface area contributed by atoms with Crippen molar-refractivity contribution in [2.24, 2.45) is 11.8 Å². The number of fused-ring (bicyclic) bond motifs is 1. The molecule has 0 radical (unpaired) electrons. The van der Waals surface area contributed by atoms with Crippen molar-refractivity contribution in [3.05, 3.63) is 70.8 Å². The average Bonchev–Trinajstić information content (AvgIpc) is 3.03. The summed E-state index contributed by atoms with van der Waals surface area (Å²) in [5.41, 5.74) is 5.06. The fourth-order valence-electron chi connectivity index (χ4n) is 4.67. The van der Waals surface area contributed by atoms with Crippen molar-refractivity contribution in [3.63, 3.8) is 0 Å². The van der Waals surface area contributed by atoms with E-state index in [1.807, 2.05) is 25.1 Å². The van der Waals surface area contributed by atoms with E-state index in [9.17, 15) is 14.4 Å². The molecule has 0 unspecified atom stereocenters. The first-order valence-corrected chi connectivity index (χ1v) is 11.0. The molecule has 0 spiro atoms. The zero-order valence-electron chi connectivity index (χ0n) is 18.3. The van der Waals surface area contributed by atoms with E-state index in [2.05, 4.69) is 25.2 Å². The Morgan fingerprint density at radius 3 is 2.32 bits per heavy atom. The van der Waals surface area contributed by atoms with Crippen molar-refractivity contribution in [3.8, 4) is 0 Å². The standard InChI is InChI=1S/C26H28N2O3/c1-4-17-8-6-9-18(5-2)23(17)27-24(29)19-10-7-11-20(15-19)28-25(30)21-13-12-16(3)14-22(21)26(28)31/h6-12,15,21-22H,4-5,13-14H2,1-3H3,(H,27,29)/t21-,22-/m1/s1. The van der Waals surface area contributed by atoms with Crippen LogP contribution in [0.4, 0.5) is 11.4 Å². The number of allylic oxidation sites excluding steroid dienone is 2. The first kappa shape index (κ1) is 21.0. The molecule has 2 atom stereocenters. The van der Waals surface area contributed by atoms with E-state index in [4.69, 9.17) is 0 Å². The van der Waals surface area contributed by atoms with Crippen LogP contribution in [0, 0.1) is 11.8 Å². The molecule has 0 saturated carbocycles. The minimum absolute atomic E-state index is 0.162. The lowest BCUT2D eigenvalue weighted by atomic mass is 9.82. The molecule has 3 amide bonds. The number of rotatable bonds is 5.